The summed E-state index contributed by atoms with van der Waals surface area (Å²) in [7, 11) is -1.03. The Morgan fingerprint density at radius 1 is 1.06 bits per heavy atom. The molecule has 1 heterocycles. The van der Waals surface area contributed by atoms with Crippen LogP contribution in [0.4, 0.5) is 5.69 Å². The summed E-state index contributed by atoms with van der Waals surface area (Å²) in [4.78, 5) is 0.784. The first-order chi connectivity index (χ1) is 8.63. The molecule has 1 N–H and O–H groups in total. The van der Waals surface area contributed by atoms with Crippen LogP contribution >= 0.6 is 0 Å². The van der Waals surface area contributed by atoms with Crippen molar-refractivity contribution < 1.29 is 8.95 Å². The third-order valence-electron chi connectivity index (χ3n) is 3.20. The molecule has 18 heavy (non-hydrogen) atoms. The second kappa shape index (κ2) is 3.85. The van der Waals surface area contributed by atoms with Crippen LogP contribution in [0.25, 0.3) is 11.1 Å². The van der Waals surface area contributed by atoms with E-state index >= 15 is 0 Å². The van der Waals surface area contributed by atoms with Gasteiger partial charge in [0.2, 0.25) is 0 Å². The van der Waals surface area contributed by atoms with Crippen LogP contribution in [-0.4, -0.2) is 17.6 Å². The van der Waals surface area contributed by atoms with Gasteiger partial charge in [0.1, 0.15) is 5.75 Å². The average Bonchev–Trinajstić information content (AvgIpc) is 2.37. The number of ether oxygens (including phenoxy) is 1. The summed E-state index contributed by atoms with van der Waals surface area (Å²) in [6.07, 6.45) is 1.74. The van der Waals surface area contributed by atoms with Gasteiger partial charge in [-0.05, 0) is 22.3 Å². The van der Waals surface area contributed by atoms with Gasteiger partial charge < -0.3 is 9.46 Å². The number of hydrogen-bond donors (Lipinski definition) is 2. The summed E-state index contributed by atoms with van der Waals surface area (Å²) in [6, 6.07) is 13.7. The second-order valence-electron chi connectivity index (χ2n) is 4.44. The largest absolute Gasteiger partial charge is 0.495 e. The quantitative estimate of drug-likeness (QED) is 0.775. The molecule has 0 radical (unpaired) electrons. The van der Waals surface area contributed by atoms with Crippen molar-refractivity contribution in [3.63, 3.8) is 0 Å². The Labute approximate surface area is 107 Å². The fourth-order valence-corrected chi connectivity index (χ4v) is 4.45. The summed E-state index contributed by atoms with van der Waals surface area (Å²) in [5.74, 6) is 0.681. The molecule has 0 saturated carbocycles. The Morgan fingerprint density at radius 3 is 2.56 bits per heavy atom. The lowest BCUT2D eigenvalue weighted by Crippen LogP contribution is -2.25. The fourth-order valence-electron chi connectivity index (χ4n) is 2.45. The van der Waals surface area contributed by atoms with Gasteiger partial charge in [0, 0.05) is 17.4 Å². The van der Waals surface area contributed by atoms with E-state index in [2.05, 4.69) is 4.72 Å². The Kier molecular flexibility index (Phi) is 2.41. The highest BCUT2D eigenvalue weighted by Gasteiger charge is 2.27. The highest BCUT2D eigenvalue weighted by Crippen LogP contribution is 2.44. The fraction of sp³-hybridized carbons (Fsp3) is 0.143. The summed E-state index contributed by atoms with van der Waals surface area (Å²) >= 11 is 0. The molecule has 94 valence electrons. The normalized spacial score (nSPS) is 17.0. The number of thiol groups is 1. The van der Waals surface area contributed by atoms with Crippen LogP contribution < -0.4 is 9.46 Å². The molecular weight excluding hydrogens is 246 g/mol. The number of fused-ring (bicyclic) bond motifs is 3. The molecule has 0 spiro atoms. The zero-order chi connectivity index (χ0) is 12.8. The van der Waals surface area contributed by atoms with E-state index in [9.17, 15) is 4.21 Å². The van der Waals surface area contributed by atoms with Crippen LogP contribution in [0, 0.1) is 0 Å². The first-order valence-electron chi connectivity index (χ1n) is 5.76. The molecule has 0 unspecified atom stereocenters. The maximum absolute atomic E-state index is 12.8. The van der Waals surface area contributed by atoms with Crippen LogP contribution in [0.5, 0.6) is 5.75 Å². The molecule has 0 saturated heterocycles. The Bertz CT molecular complexity index is 667. The topological polar surface area (TPSA) is 38.3 Å². The van der Waals surface area contributed by atoms with Crippen molar-refractivity contribution in [3.05, 3.63) is 42.5 Å². The lowest BCUT2D eigenvalue weighted by atomic mass is 10.0. The van der Waals surface area contributed by atoms with Gasteiger partial charge in [-0.15, -0.1) is 0 Å². The molecule has 0 amide bonds. The lowest BCUT2D eigenvalue weighted by molar-refractivity contribution is 0.404. The van der Waals surface area contributed by atoms with E-state index in [4.69, 9.17) is 4.74 Å². The van der Waals surface area contributed by atoms with Gasteiger partial charge in [-0.2, -0.15) is 0 Å². The van der Waals surface area contributed by atoms with Gasteiger partial charge >= 0.3 is 0 Å². The number of rotatable bonds is 1. The molecule has 0 aliphatic carbocycles. The number of anilines is 1. The predicted molar refractivity (Wildman–Crippen MR) is 75.8 cm³/mol. The van der Waals surface area contributed by atoms with Gasteiger partial charge in [0.25, 0.3) is 0 Å². The SMILES string of the molecule is COc1cccc2c1[SH](C)(=O)Nc1ccccc1-2. The second-order valence-corrected chi connectivity index (χ2v) is 6.96. The highest BCUT2D eigenvalue weighted by molar-refractivity contribution is 8.03. The van der Waals surface area contributed by atoms with E-state index in [-0.39, 0.29) is 0 Å². The Hall–Kier alpha value is -1.81. The van der Waals surface area contributed by atoms with Gasteiger partial charge in [-0.25, -0.2) is 0 Å². The lowest BCUT2D eigenvalue weighted by Gasteiger charge is -2.32. The minimum absolute atomic E-state index is 0.681. The van der Waals surface area contributed by atoms with E-state index in [1.165, 1.54) is 0 Å². The molecule has 0 aromatic heterocycles. The summed E-state index contributed by atoms with van der Waals surface area (Å²) < 4.78 is 21.3. The summed E-state index contributed by atoms with van der Waals surface area (Å²) in [5.41, 5.74) is 2.98. The van der Waals surface area contributed by atoms with Crippen molar-refractivity contribution in [2.75, 3.05) is 18.1 Å². The molecule has 0 bridgehead atoms. The van der Waals surface area contributed by atoms with E-state index < -0.39 is 10.1 Å². The van der Waals surface area contributed by atoms with Crippen LogP contribution in [0.3, 0.4) is 0 Å². The maximum Gasteiger partial charge on any atom is 0.135 e. The van der Waals surface area contributed by atoms with E-state index in [1.54, 1.807) is 13.4 Å². The van der Waals surface area contributed by atoms with Crippen LogP contribution in [0.15, 0.2) is 47.4 Å². The zero-order valence-corrected chi connectivity index (χ0v) is 11.2. The molecule has 3 nitrogen and oxygen atoms in total. The van der Waals surface area contributed by atoms with Crippen molar-refractivity contribution in [1.82, 2.24) is 0 Å². The minimum Gasteiger partial charge on any atom is -0.495 e. The smallest absolute Gasteiger partial charge is 0.135 e. The molecule has 3 rings (SSSR count). The van der Waals surface area contributed by atoms with Crippen LogP contribution in [0.2, 0.25) is 0 Å². The van der Waals surface area contributed by atoms with Crippen molar-refractivity contribution in [2.24, 2.45) is 0 Å². The van der Waals surface area contributed by atoms with E-state index in [1.807, 2.05) is 42.5 Å². The monoisotopic (exact) mass is 261 g/mol. The number of para-hydroxylation sites is 1. The van der Waals surface area contributed by atoms with Gasteiger partial charge in [-0.1, -0.05) is 30.3 Å². The van der Waals surface area contributed by atoms with Crippen molar-refractivity contribution in [1.29, 1.82) is 0 Å². The molecule has 4 heteroatoms. The van der Waals surface area contributed by atoms with Crippen LogP contribution in [0.1, 0.15) is 0 Å². The van der Waals surface area contributed by atoms with Crippen LogP contribution in [-0.2, 0) is 10.1 Å². The van der Waals surface area contributed by atoms with Crippen molar-refractivity contribution >= 4 is 15.8 Å². The van der Waals surface area contributed by atoms with Gasteiger partial charge in [0.15, 0.2) is 0 Å². The minimum atomic E-state index is -2.64. The zero-order valence-electron chi connectivity index (χ0n) is 10.3. The first-order valence-corrected chi connectivity index (χ1v) is 7.91. The molecule has 2 aromatic carbocycles. The highest BCUT2D eigenvalue weighted by atomic mass is 32.3. The first kappa shape index (κ1) is 11.3. The molecule has 1 aliphatic heterocycles. The predicted octanol–water partition coefficient (Wildman–Crippen LogP) is 2.71. The summed E-state index contributed by atoms with van der Waals surface area (Å²) in [5, 5.41) is 0. The third-order valence-corrected chi connectivity index (χ3v) is 5.18. The number of nitrogens with one attached hydrogen (secondary N) is 1. The Morgan fingerprint density at radius 2 is 1.78 bits per heavy atom. The average molecular weight is 261 g/mol. The molecule has 2 aromatic rings. The number of methoxy groups -OCH3 is 1. The third kappa shape index (κ3) is 1.53. The van der Waals surface area contributed by atoms with E-state index in [0.717, 1.165) is 21.7 Å². The Balaban J connectivity index is 2.38. The number of benzene rings is 2. The standard InChI is InChI=1S/C14H15NO2S/c1-17-13-9-5-7-11-10-6-3-4-8-12(10)15-18(2,16)14(11)13/h3-9,18H,1-2H3,(H,15,16). The molecule has 1 aliphatic rings. The molecule has 0 fully saturated rings. The van der Waals surface area contributed by atoms with Gasteiger partial charge in [0.05, 0.1) is 17.7 Å². The van der Waals surface area contributed by atoms with Crippen molar-refractivity contribution in [2.45, 2.75) is 4.90 Å². The molecule has 0 atom stereocenters. The summed E-state index contributed by atoms with van der Waals surface area (Å²) in [6.45, 7) is 0. The molecular formula is C14H15NO2S. The van der Waals surface area contributed by atoms with E-state index in [0.29, 0.717) is 5.75 Å². The van der Waals surface area contributed by atoms with Gasteiger partial charge in [-0.3, -0.25) is 4.21 Å². The number of hydrogen-bond acceptors (Lipinski definition) is 2. The maximum atomic E-state index is 12.8. The van der Waals surface area contributed by atoms with Crippen molar-refractivity contribution in [3.8, 4) is 16.9 Å².